The van der Waals surface area contributed by atoms with Gasteiger partial charge >= 0.3 is 0 Å². The standard InChI is InChI=1S/C36H41N3O2S/c1-26-12-13-27(2)31(22-26)25-39-32-10-6-7-11-33(32)42-34(36(39)41)23-28-14-16-30(17-15-28)35(40)38-20-18-37(19-21-38)24-29-8-4-3-5-9-29/h3-5,8-9,12-17,22-23,32-33H,6-7,10-11,18-21,24-25H2,1-2H3/b34-23+. The van der Waals surface area contributed by atoms with Crippen molar-refractivity contribution in [2.24, 2.45) is 0 Å². The average Bonchev–Trinajstić information content (AvgIpc) is 3.02. The highest BCUT2D eigenvalue weighted by Gasteiger charge is 2.40. The van der Waals surface area contributed by atoms with Crippen LogP contribution >= 0.6 is 11.8 Å². The lowest BCUT2D eigenvalue weighted by atomic mass is 9.92. The van der Waals surface area contributed by atoms with Crippen LogP contribution in [0.15, 0.2) is 77.7 Å². The minimum atomic E-state index is 0.0847. The molecule has 3 aliphatic rings. The van der Waals surface area contributed by atoms with Crippen LogP contribution in [0.5, 0.6) is 0 Å². The van der Waals surface area contributed by atoms with Crippen molar-refractivity contribution in [2.45, 2.75) is 63.9 Å². The SMILES string of the molecule is Cc1ccc(C)c(CN2C(=O)/C(=C\c3ccc(C(=O)N4CCN(Cc5ccccc5)CC4)cc3)SC3CCCCC32)c1. The molecule has 3 aromatic carbocycles. The monoisotopic (exact) mass is 579 g/mol. The Morgan fingerprint density at radius 2 is 1.62 bits per heavy atom. The molecule has 0 radical (unpaired) electrons. The van der Waals surface area contributed by atoms with Gasteiger partial charge in [0.2, 0.25) is 0 Å². The van der Waals surface area contributed by atoms with Gasteiger partial charge < -0.3 is 9.80 Å². The molecule has 1 aliphatic carbocycles. The Morgan fingerprint density at radius 1 is 0.881 bits per heavy atom. The van der Waals surface area contributed by atoms with Crippen molar-refractivity contribution in [3.8, 4) is 0 Å². The highest BCUT2D eigenvalue weighted by Crippen LogP contribution is 2.43. The van der Waals surface area contributed by atoms with E-state index in [1.54, 1.807) is 11.8 Å². The second-order valence-corrected chi connectivity index (χ2v) is 13.3. The predicted octanol–water partition coefficient (Wildman–Crippen LogP) is 6.69. The Bertz CT molecular complexity index is 1440. The zero-order valence-corrected chi connectivity index (χ0v) is 25.6. The number of carbonyl (C=O) groups excluding carboxylic acids is 2. The number of thioether (sulfide) groups is 1. The van der Waals surface area contributed by atoms with Gasteiger partial charge in [0.15, 0.2) is 0 Å². The van der Waals surface area contributed by atoms with E-state index in [0.717, 1.165) is 56.0 Å². The summed E-state index contributed by atoms with van der Waals surface area (Å²) in [5.41, 5.74) is 6.69. The molecule has 2 heterocycles. The minimum Gasteiger partial charge on any atom is -0.336 e. The number of hydrogen-bond donors (Lipinski definition) is 0. The molecule has 3 aromatic rings. The number of fused-ring (bicyclic) bond motifs is 1. The topological polar surface area (TPSA) is 43.9 Å². The summed E-state index contributed by atoms with van der Waals surface area (Å²) in [5.74, 6) is 0.221. The number of carbonyl (C=O) groups is 2. The first-order valence-electron chi connectivity index (χ1n) is 15.4. The van der Waals surface area contributed by atoms with E-state index < -0.39 is 0 Å². The van der Waals surface area contributed by atoms with E-state index >= 15 is 0 Å². The molecule has 0 spiro atoms. The molecule has 42 heavy (non-hydrogen) atoms. The van der Waals surface area contributed by atoms with E-state index in [4.69, 9.17) is 0 Å². The van der Waals surface area contributed by atoms with Crippen molar-refractivity contribution in [3.05, 3.63) is 111 Å². The first-order chi connectivity index (χ1) is 20.4. The van der Waals surface area contributed by atoms with Crippen molar-refractivity contribution in [1.29, 1.82) is 0 Å². The number of aryl methyl sites for hydroxylation is 2. The van der Waals surface area contributed by atoms with Crippen LogP contribution in [0.1, 0.15) is 63.9 Å². The fraction of sp³-hybridized carbons (Fsp3) is 0.389. The molecule has 6 rings (SSSR count). The van der Waals surface area contributed by atoms with Crippen molar-refractivity contribution in [3.63, 3.8) is 0 Å². The number of amides is 2. The van der Waals surface area contributed by atoms with Gasteiger partial charge in [-0.3, -0.25) is 14.5 Å². The van der Waals surface area contributed by atoms with Crippen molar-refractivity contribution < 1.29 is 9.59 Å². The molecule has 2 amide bonds. The van der Waals surface area contributed by atoms with E-state index in [1.807, 2.05) is 41.3 Å². The van der Waals surface area contributed by atoms with Gasteiger partial charge in [0.25, 0.3) is 11.8 Å². The van der Waals surface area contributed by atoms with Crippen molar-refractivity contribution in [2.75, 3.05) is 26.2 Å². The largest absolute Gasteiger partial charge is 0.336 e. The fourth-order valence-corrected chi connectivity index (χ4v) is 8.00. The molecular formula is C36H41N3O2S. The summed E-state index contributed by atoms with van der Waals surface area (Å²) in [7, 11) is 0. The van der Waals surface area contributed by atoms with Crippen LogP contribution in [0.3, 0.4) is 0 Å². The van der Waals surface area contributed by atoms with Crippen molar-refractivity contribution in [1.82, 2.24) is 14.7 Å². The van der Waals surface area contributed by atoms with Gasteiger partial charge in [-0.05, 0) is 67.2 Å². The number of rotatable bonds is 6. The maximum Gasteiger partial charge on any atom is 0.260 e. The van der Waals surface area contributed by atoms with Gasteiger partial charge in [-0.1, -0.05) is 79.1 Å². The summed E-state index contributed by atoms with van der Waals surface area (Å²) in [4.78, 5) is 34.5. The molecule has 0 N–H and O–H groups in total. The molecule has 2 atom stereocenters. The second kappa shape index (κ2) is 12.9. The molecule has 1 saturated carbocycles. The molecule has 6 heteroatoms. The summed E-state index contributed by atoms with van der Waals surface area (Å²) < 4.78 is 0. The summed E-state index contributed by atoms with van der Waals surface area (Å²) in [5, 5.41) is 0.439. The highest BCUT2D eigenvalue weighted by atomic mass is 32.2. The lowest BCUT2D eigenvalue weighted by Crippen LogP contribution is -2.50. The van der Waals surface area contributed by atoms with Crippen LogP contribution < -0.4 is 0 Å². The van der Waals surface area contributed by atoms with Gasteiger partial charge in [-0.25, -0.2) is 0 Å². The Balaban J connectivity index is 1.12. The molecule has 2 unspecified atom stereocenters. The third-order valence-corrected chi connectivity index (χ3v) is 10.4. The van der Waals surface area contributed by atoms with Crippen LogP contribution in [0.25, 0.3) is 6.08 Å². The zero-order chi connectivity index (χ0) is 29.1. The number of piperazine rings is 1. The Morgan fingerprint density at radius 3 is 2.38 bits per heavy atom. The molecule has 2 saturated heterocycles. The highest BCUT2D eigenvalue weighted by molar-refractivity contribution is 8.04. The predicted molar refractivity (Wildman–Crippen MR) is 172 cm³/mol. The van der Waals surface area contributed by atoms with Crippen LogP contribution in [-0.4, -0.2) is 64.0 Å². The molecule has 0 bridgehead atoms. The maximum absolute atomic E-state index is 13.9. The van der Waals surface area contributed by atoms with Gasteiger partial charge in [-0.15, -0.1) is 11.8 Å². The van der Waals surface area contributed by atoms with E-state index in [0.29, 0.717) is 23.4 Å². The Kier molecular flexibility index (Phi) is 8.82. The molecule has 218 valence electrons. The smallest absolute Gasteiger partial charge is 0.260 e. The average molecular weight is 580 g/mol. The lowest BCUT2D eigenvalue weighted by Gasteiger charge is -2.44. The van der Waals surface area contributed by atoms with E-state index in [1.165, 1.54) is 35.1 Å². The first kappa shape index (κ1) is 28.8. The zero-order valence-electron chi connectivity index (χ0n) is 24.8. The fourth-order valence-electron chi connectivity index (χ4n) is 6.52. The molecule has 2 aliphatic heterocycles. The van der Waals surface area contributed by atoms with Crippen LogP contribution in [0.4, 0.5) is 0 Å². The van der Waals surface area contributed by atoms with Crippen molar-refractivity contribution >= 4 is 29.7 Å². The Labute approximate surface area is 254 Å². The first-order valence-corrected chi connectivity index (χ1v) is 16.2. The molecule has 0 aromatic heterocycles. The summed E-state index contributed by atoms with van der Waals surface area (Å²) in [6.45, 7) is 9.08. The van der Waals surface area contributed by atoms with E-state index in [-0.39, 0.29) is 11.8 Å². The van der Waals surface area contributed by atoms with Crippen LogP contribution in [0.2, 0.25) is 0 Å². The number of benzene rings is 3. The number of hydrogen-bond acceptors (Lipinski definition) is 4. The normalized spacial score (nSPS) is 22.3. The van der Waals surface area contributed by atoms with Gasteiger partial charge in [0.05, 0.1) is 4.91 Å². The van der Waals surface area contributed by atoms with Gasteiger partial charge in [0, 0.05) is 56.1 Å². The third kappa shape index (κ3) is 6.50. The molecule has 5 nitrogen and oxygen atoms in total. The molecular weight excluding hydrogens is 538 g/mol. The van der Waals surface area contributed by atoms with Gasteiger partial charge in [0.1, 0.15) is 0 Å². The summed E-state index contributed by atoms with van der Waals surface area (Å²) >= 11 is 1.76. The Hall–Kier alpha value is -3.35. The minimum absolute atomic E-state index is 0.0847. The van der Waals surface area contributed by atoms with E-state index in [2.05, 4.69) is 66.1 Å². The van der Waals surface area contributed by atoms with E-state index in [9.17, 15) is 9.59 Å². The summed E-state index contributed by atoms with van der Waals surface area (Å²) in [6, 6.07) is 25.1. The van der Waals surface area contributed by atoms with Crippen LogP contribution in [0, 0.1) is 13.8 Å². The quantitative estimate of drug-likeness (QED) is 0.305. The van der Waals surface area contributed by atoms with Gasteiger partial charge in [-0.2, -0.15) is 0 Å². The second-order valence-electron chi connectivity index (χ2n) is 12.1. The maximum atomic E-state index is 13.9. The number of nitrogens with zero attached hydrogens (tertiary/aromatic N) is 3. The summed E-state index contributed by atoms with van der Waals surface area (Å²) in [6.07, 6.45) is 6.68. The third-order valence-electron chi connectivity index (χ3n) is 9.03. The van der Waals surface area contributed by atoms with Crippen LogP contribution in [-0.2, 0) is 17.9 Å². The lowest BCUT2D eigenvalue weighted by molar-refractivity contribution is -0.130. The molecule has 3 fully saturated rings.